The van der Waals surface area contributed by atoms with Crippen molar-refractivity contribution in [1.29, 1.82) is 0 Å². The maximum atomic E-state index is 10.3. The summed E-state index contributed by atoms with van der Waals surface area (Å²) >= 11 is 1.63. The highest BCUT2D eigenvalue weighted by molar-refractivity contribution is 7.10. The van der Waals surface area contributed by atoms with E-state index in [2.05, 4.69) is 0 Å². The molecular formula is C13H20O2S. The zero-order chi connectivity index (χ0) is 11.4. The largest absolute Gasteiger partial charge is 0.385 e. The summed E-state index contributed by atoms with van der Waals surface area (Å²) in [5, 5.41) is 12.3. The molecule has 1 aliphatic heterocycles. The van der Waals surface area contributed by atoms with Crippen LogP contribution in [0.15, 0.2) is 17.5 Å². The van der Waals surface area contributed by atoms with Crippen molar-refractivity contribution in [2.75, 3.05) is 6.61 Å². The van der Waals surface area contributed by atoms with E-state index < -0.39 is 5.60 Å². The Balaban J connectivity index is 1.76. The van der Waals surface area contributed by atoms with E-state index >= 15 is 0 Å². The van der Waals surface area contributed by atoms with Crippen LogP contribution in [-0.2, 0) is 10.3 Å². The summed E-state index contributed by atoms with van der Waals surface area (Å²) in [6.45, 7) is 2.83. The van der Waals surface area contributed by atoms with Gasteiger partial charge in [0.25, 0.3) is 0 Å². The van der Waals surface area contributed by atoms with Crippen LogP contribution in [-0.4, -0.2) is 17.8 Å². The molecule has 2 nitrogen and oxygen atoms in total. The van der Waals surface area contributed by atoms with E-state index in [0.717, 1.165) is 30.7 Å². The minimum absolute atomic E-state index is 0.444. The van der Waals surface area contributed by atoms with Crippen LogP contribution < -0.4 is 0 Å². The number of hydrogen-bond acceptors (Lipinski definition) is 3. The molecule has 1 N–H and O–H groups in total. The number of thiophene rings is 1. The lowest BCUT2D eigenvalue weighted by molar-refractivity contribution is 0.0404. The number of ether oxygens (including phenoxy) is 1. The predicted molar refractivity (Wildman–Crippen MR) is 66.7 cm³/mol. The van der Waals surface area contributed by atoms with Crippen molar-refractivity contribution in [3.8, 4) is 0 Å². The highest BCUT2D eigenvalue weighted by Crippen LogP contribution is 2.31. The first-order valence-corrected chi connectivity index (χ1v) is 6.94. The predicted octanol–water partition coefficient (Wildman–Crippen LogP) is 3.30. The van der Waals surface area contributed by atoms with Gasteiger partial charge >= 0.3 is 0 Å². The van der Waals surface area contributed by atoms with Crippen LogP contribution in [0.2, 0.25) is 0 Å². The van der Waals surface area contributed by atoms with Gasteiger partial charge in [-0.05, 0) is 50.5 Å². The van der Waals surface area contributed by atoms with Gasteiger partial charge in [0.2, 0.25) is 0 Å². The Labute approximate surface area is 101 Å². The van der Waals surface area contributed by atoms with Crippen LogP contribution in [0.3, 0.4) is 0 Å². The maximum absolute atomic E-state index is 10.3. The number of hydrogen-bond donors (Lipinski definition) is 1. The molecule has 1 fully saturated rings. The fourth-order valence-corrected chi connectivity index (χ4v) is 3.07. The SMILES string of the molecule is CC(O)(CCCC1CCCO1)c1cccs1. The van der Waals surface area contributed by atoms with E-state index in [1.807, 2.05) is 24.4 Å². The first-order chi connectivity index (χ1) is 7.68. The van der Waals surface area contributed by atoms with Crippen LogP contribution in [0.25, 0.3) is 0 Å². The summed E-state index contributed by atoms with van der Waals surface area (Å²) in [6, 6.07) is 4.01. The van der Waals surface area contributed by atoms with Crippen molar-refractivity contribution < 1.29 is 9.84 Å². The van der Waals surface area contributed by atoms with Gasteiger partial charge in [-0.25, -0.2) is 0 Å². The first kappa shape index (κ1) is 12.1. The second kappa shape index (κ2) is 5.30. The van der Waals surface area contributed by atoms with E-state index in [1.165, 1.54) is 12.8 Å². The maximum Gasteiger partial charge on any atom is 0.0959 e. The van der Waals surface area contributed by atoms with Gasteiger partial charge < -0.3 is 9.84 Å². The quantitative estimate of drug-likeness (QED) is 0.855. The molecule has 0 bridgehead atoms. The highest BCUT2D eigenvalue weighted by atomic mass is 32.1. The lowest BCUT2D eigenvalue weighted by atomic mass is 9.96. The molecule has 3 heteroatoms. The Hall–Kier alpha value is -0.380. The van der Waals surface area contributed by atoms with Gasteiger partial charge in [-0.15, -0.1) is 11.3 Å². The third-order valence-corrected chi connectivity index (χ3v) is 4.39. The standard InChI is InChI=1S/C13H20O2S/c1-13(14,12-7-4-10-16-12)8-2-5-11-6-3-9-15-11/h4,7,10-11,14H,2-3,5-6,8-9H2,1H3. The molecule has 1 aromatic rings. The fourth-order valence-electron chi connectivity index (χ4n) is 2.25. The second-order valence-corrected chi connectivity index (χ2v) is 5.73. The molecular weight excluding hydrogens is 220 g/mol. The van der Waals surface area contributed by atoms with Crippen molar-refractivity contribution in [3.05, 3.63) is 22.4 Å². The van der Waals surface area contributed by atoms with E-state index in [1.54, 1.807) is 11.3 Å². The average molecular weight is 240 g/mol. The summed E-state index contributed by atoms with van der Waals surface area (Å²) in [4.78, 5) is 1.07. The fraction of sp³-hybridized carbons (Fsp3) is 0.692. The minimum atomic E-state index is -0.660. The van der Waals surface area contributed by atoms with Gasteiger partial charge in [-0.1, -0.05) is 6.07 Å². The summed E-state index contributed by atoms with van der Waals surface area (Å²) in [5.41, 5.74) is -0.660. The van der Waals surface area contributed by atoms with E-state index in [-0.39, 0.29) is 0 Å². The Morgan fingerprint density at radius 2 is 2.50 bits per heavy atom. The molecule has 1 aliphatic rings. The molecule has 0 amide bonds. The monoisotopic (exact) mass is 240 g/mol. The molecule has 0 aliphatic carbocycles. The molecule has 2 rings (SSSR count). The van der Waals surface area contributed by atoms with Crippen molar-refractivity contribution in [2.24, 2.45) is 0 Å². The molecule has 1 saturated heterocycles. The average Bonchev–Trinajstić information content (AvgIpc) is 2.90. The van der Waals surface area contributed by atoms with Crippen LogP contribution in [0.5, 0.6) is 0 Å². The summed E-state index contributed by atoms with van der Waals surface area (Å²) in [5.74, 6) is 0. The molecule has 16 heavy (non-hydrogen) atoms. The third kappa shape index (κ3) is 3.06. The van der Waals surface area contributed by atoms with E-state index in [9.17, 15) is 5.11 Å². The molecule has 0 aromatic carbocycles. The van der Waals surface area contributed by atoms with Crippen LogP contribution in [0.4, 0.5) is 0 Å². The molecule has 0 radical (unpaired) electrons. The zero-order valence-electron chi connectivity index (χ0n) is 9.82. The van der Waals surface area contributed by atoms with Crippen molar-refractivity contribution in [1.82, 2.24) is 0 Å². The summed E-state index contributed by atoms with van der Waals surface area (Å²) in [6.07, 6.45) is 5.79. The van der Waals surface area contributed by atoms with Gasteiger partial charge in [0.15, 0.2) is 0 Å². The van der Waals surface area contributed by atoms with Gasteiger partial charge in [0.05, 0.1) is 11.7 Å². The van der Waals surface area contributed by atoms with Crippen LogP contribution in [0, 0.1) is 0 Å². The van der Waals surface area contributed by atoms with Gasteiger partial charge in [0.1, 0.15) is 0 Å². The Bertz CT molecular complexity index is 300. The Kier molecular flexibility index (Phi) is 4.00. The lowest BCUT2D eigenvalue weighted by Gasteiger charge is -2.22. The molecule has 90 valence electrons. The molecule has 0 saturated carbocycles. The minimum Gasteiger partial charge on any atom is -0.385 e. The van der Waals surface area contributed by atoms with Gasteiger partial charge in [-0.2, -0.15) is 0 Å². The highest BCUT2D eigenvalue weighted by Gasteiger charge is 2.24. The van der Waals surface area contributed by atoms with Crippen LogP contribution in [0.1, 0.15) is 43.9 Å². The van der Waals surface area contributed by atoms with E-state index in [0.29, 0.717) is 6.10 Å². The summed E-state index contributed by atoms with van der Waals surface area (Å²) < 4.78 is 5.58. The van der Waals surface area contributed by atoms with Crippen molar-refractivity contribution in [2.45, 2.75) is 50.7 Å². The molecule has 2 unspecified atom stereocenters. The Morgan fingerprint density at radius 1 is 1.62 bits per heavy atom. The first-order valence-electron chi connectivity index (χ1n) is 6.06. The number of rotatable bonds is 5. The Morgan fingerprint density at radius 3 is 3.12 bits per heavy atom. The van der Waals surface area contributed by atoms with Crippen molar-refractivity contribution in [3.63, 3.8) is 0 Å². The van der Waals surface area contributed by atoms with E-state index in [4.69, 9.17) is 4.74 Å². The summed E-state index contributed by atoms with van der Waals surface area (Å²) in [7, 11) is 0. The molecule has 2 heterocycles. The molecule has 2 atom stereocenters. The normalized spacial score (nSPS) is 24.5. The van der Waals surface area contributed by atoms with Crippen molar-refractivity contribution >= 4 is 11.3 Å². The molecule has 0 spiro atoms. The zero-order valence-corrected chi connectivity index (χ0v) is 10.6. The van der Waals surface area contributed by atoms with Gasteiger partial charge in [0, 0.05) is 11.5 Å². The topological polar surface area (TPSA) is 29.5 Å². The van der Waals surface area contributed by atoms with Gasteiger partial charge in [-0.3, -0.25) is 0 Å². The van der Waals surface area contributed by atoms with Crippen LogP contribution >= 0.6 is 11.3 Å². The lowest BCUT2D eigenvalue weighted by Crippen LogP contribution is -2.20. The second-order valence-electron chi connectivity index (χ2n) is 4.78. The molecule has 1 aromatic heterocycles. The smallest absolute Gasteiger partial charge is 0.0959 e. The third-order valence-electron chi connectivity index (χ3n) is 3.27. The number of aliphatic hydroxyl groups is 1.